The van der Waals surface area contributed by atoms with Gasteiger partial charge in [0.15, 0.2) is 0 Å². The van der Waals surface area contributed by atoms with Crippen LogP contribution < -0.4 is 5.46 Å². The molecule has 0 unspecified atom stereocenters. The molecule has 1 amide bonds. The minimum atomic E-state index is -4.62. The highest BCUT2D eigenvalue weighted by Gasteiger charge is 2.53. The zero-order valence-corrected chi connectivity index (χ0v) is 14.6. The van der Waals surface area contributed by atoms with Crippen molar-refractivity contribution < 1.29 is 27.3 Å². The number of alkyl halides is 3. The van der Waals surface area contributed by atoms with Crippen LogP contribution in [0.5, 0.6) is 0 Å². The minimum Gasteiger partial charge on any atom is -0.399 e. The molecule has 2 rings (SSSR count). The molecule has 1 saturated heterocycles. The normalized spacial score (nSPS) is 19.5. The van der Waals surface area contributed by atoms with E-state index in [1.807, 2.05) is 0 Å². The number of carbonyl (C=O) groups is 1. The van der Waals surface area contributed by atoms with Crippen LogP contribution in [0.4, 0.5) is 13.2 Å². The molecule has 1 aliphatic heterocycles. The second-order valence-corrected chi connectivity index (χ2v) is 7.09. The van der Waals surface area contributed by atoms with Crippen LogP contribution in [0, 0.1) is 0 Å². The first kappa shape index (κ1) is 18.8. The summed E-state index contributed by atoms with van der Waals surface area (Å²) in [5, 5.41) is 0. The van der Waals surface area contributed by atoms with E-state index >= 15 is 0 Å². The second-order valence-electron chi connectivity index (χ2n) is 7.09. The molecule has 8 heteroatoms. The van der Waals surface area contributed by atoms with E-state index in [1.165, 1.54) is 31.1 Å². The summed E-state index contributed by atoms with van der Waals surface area (Å²) in [7, 11) is 1.82. The van der Waals surface area contributed by atoms with Crippen LogP contribution in [-0.4, -0.2) is 43.2 Å². The third kappa shape index (κ3) is 3.30. The maximum absolute atomic E-state index is 13.5. The van der Waals surface area contributed by atoms with E-state index < -0.39 is 36.0 Å². The van der Waals surface area contributed by atoms with Gasteiger partial charge in [-0.1, -0.05) is 6.07 Å². The van der Waals surface area contributed by atoms with Crippen molar-refractivity contribution in [2.24, 2.45) is 0 Å². The summed E-state index contributed by atoms with van der Waals surface area (Å²) in [6.45, 7) is 7.07. The Morgan fingerprint density at radius 2 is 1.58 bits per heavy atom. The lowest BCUT2D eigenvalue weighted by molar-refractivity contribution is -0.136. The van der Waals surface area contributed by atoms with Gasteiger partial charge in [-0.05, 0) is 45.3 Å². The number of benzene rings is 1. The Morgan fingerprint density at radius 1 is 1.08 bits per heavy atom. The highest BCUT2D eigenvalue weighted by molar-refractivity contribution is 6.62. The molecule has 24 heavy (non-hydrogen) atoms. The number of rotatable bonds is 2. The first-order valence-corrected chi connectivity index (χ1v) is 7.55. The molecule has 132 valence electrons. The average Bonchev–Trinajstić information content (AvgIpc) is 2.64. The molecule has 0 bridgehead atoms. The van der Waals surface area contributed by atoms with Gasteiger partial charge in [0.2, 0.25) is 0 Å². The quantitative estimate of drug-likeness (QED) is 0.775. The van der Waals surface area contributed by atoms with Crippen LogP contribution in [-0.2, 0) is 15.5 Å². The van der Waals surface area contributed by atoms with Gasteiger partial charge in [0, 0.05) is 19.7 Å². The van der Waals surface area contributed by atoms with Crippen molar-refractivity contribution in [1.29, 1.82) is 0 Å². The Labute approximate surface area is 140 Å². The fourth-order valence-electron chi connectivity index (χ4n) is 2.37. The lowest BCUT2D eigenvalue weighted by Gasteiger charge is -2.32. The van der Waals surface area contributed by atoms with Gasteiger partial charge in [-0.3, -0.25) is 4.79 Å². The Morgan fingerprint density at radius 3 is 2.00 bits per heavy atom. The minimum absolute atomic E-state index is 0.0346. The number of amides is 1. The van der Waals surface area contributed by atoms with Gasteiger partial charge in [-0.2, -0.15) is 13.2 Å². The van der Waals surface area contributed by atoms with E-state index in [9.17, 15) is 18.0 Å². The fraction of sp³-hybridized carbons (Fsp3) is 0.562. The summed E-state index contributed by atoms with van der Waals surface area (Å²) in [5.41, 5.74) is -2.59. The highest BCUT2D eigenvalue weighted by atomic mass is 19.4. The predicted octanol–water partition coefficient (Wildman–Crippen LogP) is 2.71. The van der Waals surface area contributed by atoms with Gasteiger partial charge < -0.3 is 14.2 Å². The topological polar surface area (TPSA) is 38.8 Å². The Balaban J connectivity index is 2.50. The first-order valence-electron chi connectivity index (χ1n) is 7.55. The Hall–Kier alpha value is -1.54. The number of halogens is 3. The van der Waals surface area contributed by atoms with Gasteiger partial charge in [-0.15, -0.1) is 0 Å². The molecule has 1 aromatic carbocycles. The molecule has 1 heterocycles. The van der Waals surface area contributed by atoms with Crippen LogP contribution in [0.25, 0.3) is 0 Å². The maximum atomic E-state index is 13.5. The van der Waals surface area contributed by atoms with Crippen molar-refractivity contribution >= 4 is 18.5 Å². The molecule has 0 saturated carbocycles. The number of hydrogen-bond donors (Lipinski definition) is 0. The van der Waals surface area contributed by atoms with Crippen molar-refractivity contribution in [3.8, 4) is 0 Å². The van der Waals surface area contributed by atoms with E-state index in [4.69, 9.17) is 9.31 Å². The van der Waals surface area contributed by atoms with Gasteiger partial charge in [0.25, 0.3) is 5.91 Å². The summed E-state index contributed by atoms with van der Waals surface area (Å²) in [5.74, 6) is -0.499. The summed E-state index contributed by atoms with van der Waals surface area (Å²) < 4.78 is 51.9. The van der Waals surface area contributed by atoms with Crippen molar-refractivity contribution in [2.45, 2.75) is 45.1 Å². The van der Waals surface area contributed by atoms with E-state index in [1.54, 1.807) is 27.7 Å². The van der Waals surface area contributed by atoms with E-state index in [2.05, 4.69) is 0 Å². The van der Waals surface area contributed by atoms with Gasteiger partial charge in [0.1, 0.15) is 0 Å². The van der Waals surface area contributed by atoms with Crippen molar-refractivity contribution in [1.82, 2.24) is 4.90 Å². The number of nitrogens with zero attached hydrogens (tertiary/aromatic N) is 1. The maximum Gasteiger partial charge on any atom is 0.495 e. The summed E-state index contributed by atoms with van der Waals surface area (Å²) in [6.07, 6.45) is -4.62. The van der Waals surface area contributed by atoms with Crippen LogP contribution in [0.2, 0.25) is 0 Å². The van der Waals surface area contributed by atoms with Gasteiger partial charge in [-0.25, -0.2) is 0 Å². The molecule has 0 spiro atoms. The van der Waals surface area contributed by atoms with E-state index in [0.717, 1.165) is 6.07 Å². The molecule has 0 N–H and O–H groups in total. The van der Waals surface area contributed by atoms with Crippen molar-refractivity contribution in [3.05, 3.63) is 29.3 Å². The molecular formula is C16H21BF3NO3. The molecule has 1 aromatic rings. The van der Waals surface area contributed by atoms with Crippen LogP contribution in [0.3, 0.4) is 0 Å². The zero-order valence-electron chi connectivity index (χ0n) is 14.6. The molecule has 1 fully saturated rings. The monoisotopic (exact) mass is 343 g/mol. The molecule has 0 atom stereocenters. The van der Waals surface area contributed by atoms with E-state index in [0.29, 0.717) is 0 Å². The van der Waals surface area contributed by atoms with Crippen LogP contribution in [0.1, 0.15) is 43.6 Å². The standard InChI is InChI=1S/C16H21BF3NO3/c1-14(2)15(3,4)24-17(23-14)12-8-7-10(13(22)21(5)6)9-11(12)16(18,19)20/h7-9H,1-6H3. The molecule has 0 aromatic heterocycles. The number of carbonyl (C=O) groups excluding carboxylic acids is 1. The largest absolute Gasteiger partial charge is 0.495 e. The highest BCUT2D eigenvalue weighted by Crippen LogP contribution is 2.38. The zero-order chi connectivity index (χ0) is 18.5. The van der Waals surface area contributed by atoms with Crippen molar-refractivity contribution in [2.75, 3.05) is 14.1 Å². The summed E-state index contributed by atoms with van der Waals surface area (Å²) in [6, 6.07) is 3.46. The lowest BCUT2D eigenvalue weighted by Crippen LogP contribution is -2.41. The number of hydrogen-bond acceptors (Lipinski definition) is 3. The lowest BCUT2D eigenvalue weighted by atomic mass is 9.75. The first-order chi connectivity index (χ1) is 10.8. The van der Waals surface area contributed by atoms with Gasteiger partial charge in [0.05, 0.1) is 16.8 Å². The summed E-state index contributed by atoms with van der Waals surface area (Å²) >= 11 is 0. The van der Waals surface area contributed by atoms with Crippen LogP contribution in [0.15, 0.2) is 18.2 Å². The van der Waals surface area contributed by atoms with Gasteiger partial charge >= 0.3 is 13.3 Å². The molecule has 4 nitrogen and oxygen atoms in total. The second kappa shape index (κ2) is 5.77. The summed E-state index contributed by atoms with van der Waals surface area (Å²) in [4.78, 5) is 13.2. The predicted molar refractivity (Wildman–Crippen MR) is 85.2 cm³/mol. The molecule has 1 aliphatic rings. The molecule has 0 radical (unpaired) electrons. The van der Waals surface area contributed by atoms with E-state index in [-0.39, 0.29) is 11.0 Å². The SMILES string of the molecule is CN(C)C(=O)c1ccc(B2OC(C)(C)C(C)(C)O2)c(C(F)(F)F)c1. The molecular weight excluding hydrogens is 322 g/mol. The smallest absolute Gasteiger partial charge is 0.399 e. The third-order valence-electron chi connectivity index (χ3n) is 4.52. The Bertz CT molecular complexity index is 640. The Kier molecular flexibility index (Phi) is 4.52. The third-order valence-corrected chi connectivity index (χ3v) is 4.52. The van der Waals surface area contributed by atoms with Crippen molar-refractivity contribution in [3.63, 3.8) is 0 Å². The fourth-order valence-corrected chi connectivity index (χ4v) is 2.37. The molecule has 0 aliphatic carbocycles. The average molecular weight is 343 g/mol. The van der Waals surface area contributed by atoms with Crippen LogP contribution >= 0.6 is 0 Å².